The Hall–Kier alpha value is -1.00. The van der Waals surface area contributed by atoms with Crippen molar-refractivity contribution < 1.29 is 23.1 Å². The lowest BCUT2D eigenvalue weighted by molar-refractivity contribution is 0.0551. The van der Waals surface area contributed by atoms with Gasteiger partial charge in [-0.05, 0) is 50.8 Å². The molecular formula is C17H24FO4P. The normalized spacial score (nSPS) is 23.0. The molecule has 0 saturated heterocycles. The van der Waals surface area contributed by atoms with Crippen LogP contribution in [0.25, 0.3) is 0 Å². The van der Waals surface area contributed by atoms with Gasteiger partial charge in [0.25, 0.3) is 0 Å². The largest absolute Gasteiger partial charge is 0.384 e. The minimum absolute atomic E-state index is 0.203. The standard InChI is InChI=1S/C17H24FO4P/c1-3-21-23(20,22-4-2)16(14-8-10-15(18)11-9-14)17(19)12-6-5-7-13-17/h6,8-12,16,19H,3-5,7,13H2,1-2H3. The van der Waals surface area contributed by atoms with Crippen molar-refractivity contribution in [3.05, 3.63) is 47.8 Å². The number of aliphatic hydroxyl groups is 1. The van der Waals surface area contributed by atoms with Gasteiger partial charge in [0.2, 0.25) is 0 Å². The first kappa shape index (κ1) is 18.3. The van der Waals surface area contributed by atoms with Crippen LogP contribution in [0.4, 0.5) is 4.39 Å². The van der Waals surface area contributed by atoms with Crippen LogP contribution < -0.4 is 0 Å². The first-order valence-electron chi connectivity index (χ1n) is 7.99. The lowest BCUT2D eigenvalue weighted by atomic mass is 9.85. The van der Waals surface area contributed by atoms with Gasteiger partial charge in [-0.25, -0.2) is 4.39 Å². The molecule has 2 unspecified atom stereocenters. The van der Waals surface area contributed by atoms with Crippen LogP contribution in [-0.2, 0) is 13.6 Å². The van der Waals surface area contributed by atoms with E-state index in [1.54, 1.807) is 19.9 Å². The molecule has 0 radical (unpaired) electrons. The van der Waals surface area contributed by atoms with E-state index in [0.29, 0.717) is 12.0 Å². The second-order valence-corrected chi connectivity index (χ2v) is 7.73. The number of hydrogen-bond acceptors (Lipinski definition) is 4. The van der Waals surface area contributed by atoms with Gasteiger partial charge in [0, 0.05) is 0 Å². The topological polar surface area (TPSA) is 55.8 Å². The molecule has 0 aliphatic heterocycles. The number of allylic oxidation sites excluding steroid dienone is 1. The highest BCUT2D eigenvalue weighted by Gasteiger charge is 2.50. The molecule has 4 nitrogen and oxygen atoms in total. The summed E-state index contributed by atoms with van der Waals surface area (Å²) in [6, 6.07) is 5.65. The average Bonchev–Trinajstić information content (AvgIpc) is 2.50. The Morgan fingerprint density at radius 2 is 1.87 bits per heavy atom. The Kier molecular flexibility index (Phi) is 6.15. The summed E-state index contributed by atoms with van der Waals surface area (Å²) in [6.45, 7) is 3.87. The molecule has 0 amide bonds. The van der Waals surface area contributed by atoms with Crippen molar-refractivity contribution >= 4 is 7.60 Å². The van der Waals surface area contributed by atoms with Crippen LogP contribution >= 0.6 is 7.60 Å². The maximum absolute atomic E-state index is 13.4. The molecule has 6 heteroatoms. The van der Waals surface area contributed by atoms with Crippen molar-refractivity contribution in [1.82, 2.24) is 0 Å². The minimum atomic E-state index is -3.62. The smallest absolute Gasteiger partial charge is 0.341 e. The number of hydrogen-bond donors (Lipinski definition) is 1. The van der Waals surface area contributed by atoms with Crippen LogP contribution in [0.2, 0.25) is 0 Å². The SMILES string of the molecule is CCOP(=O)(OCC)C(c1ccc(F)cc1)C1(O)C=CCCC1. The molecule has 2 atom stereocenters. The molecule has 1 aliphatic rings. The molecule has 0 fully saturated rings. The monoisotopic (exact) mass is 342 g/mol. The zero-order valence-electron chi connectivity index (χ0n) is 13.6. The van der Waals surface area contributed by atoms with Gasteiger partial charge in [0.15, 0.2) is 0 Å². The van der Waals surface area contributed by atoms with E-state index in [-0.39, 0.29) is 19.0 Å². The molecule has 23 heavy (non-hydrogen) atoms. The van der Waals surface area contributed by atoms with Crippen LogP contribution in [0.1, 0.15) is 44.3 Å². The molecule has 0 aromatic heterocycles. The lowest BCUT2D eigenvalue weighted by Crippen LogP contribution is -2.36. The maximum Gasteiger partial charge on any atom is 0.341 e. The first-order chi connectivity index (χ1) is 10.9. The lowest BCUT2D eigenvalue weighted by Gasteiger charge is -2.39. The fourth-order valence-electron chi connectivity index (χ4n) is 3.04. The van der Waals surface area contributed by atoms with Crippen LogP contribution in [-0.4, -0.2) is 23.9 Å². The summed E-state index contributed by atoms with van der Waals surface area (Å²) < 4.78 is 37.6. The summed E-state index contributed by atoms with van der Waals surface area (Å²) in [5.41, 5.74) is -1.67. The predicted octanol–water partition coefficient (Wildman–Crippen LogP) is 4.60. The highest BCUT2D eigenvalue weighted by molar-refractivity contribution is 7.54. The van der Waals surface area contributed by atoms with Gasteiger partial charge in [-0.15, -0.1) is 0 Å². The Morgan fingerprint density at radius 1 is 1.26 bits per heavy atom. The zero-order valence-corrected chi connectivity index (χ0v) is 14.5. The van der Waals surface area contributed by atoms with Gasteiger partial charge in [-0.3, -0.25) is 4.57 Å². The van der Waals surface area contributed by atoms with Crippen molar-refractivity contribution in [2.45, 2.75) is 44.4 Å². The molecule has 0 bridgehead atoms. The van der Waals surface area contributed by atoms with Crippen LogP contribution in [0, 0.1) is 5.82 Å². The Labute approximate surface area is 136 Å². The summed E-state index contributed by atoms with van der Waals surface area (Å²) in [6.07, 6.45) is 5.65. The van der Waals surface area contributed by atoms with Gasteiger partial charge >= 0.3 is 7.60 Å². The number of benzene rings is 1. The summed E-state index contributed by atoms with van der Waals surface area (Å²) in [4.78, 5) is 0. The maximum atomic E-state index is 13.4. The van der Waals surface area contributed by atoms with Crippen LogP contribution in [0.15, 0.2) is 36.4 Å². The Balaban J connectivity index is 2.54. The Bertz CT molecular complexity index is 577. The Morgan fingerprint density at radius 3 is 2.35 bits per heavy atom. The second-order valence-electron chi connectivity index (χ2n) is 5.62. The summed E-state index contributed by atoms with van der Waals surface area (Å²) in [5, 5.41) is 11.1. The first-order valence-corrected chi connectivity index (χ1v) is 9.60. The fourth-order valence-corrected chi connectivity index (χ4v) is 5.43. The molecule has 0 heterocycles. The van der Waals surface area contributed by atoms with Crippen LogP contribution in [0.5, 0.6) is 0 Å². The third-order valence-electron chi connectivity index (χ3n) is 3.95. The van der Waals surface area contributed by atoms with Gasteiger partial charge in [-0.1, -0.05) is 24.3 Å². The van der Waals surface area contributed by atoms with Gasteiger partial charge in [-0.2, -0.15) is 0 Å². The quantitative estimate of drug-likeness (QED) is 0.581. The molecule has 0 spiro atoms. The van der Waals surface area contributed by atoms with E-state index in [4.69, 9.17) is 9.05 Å². The molecule has 128 valence electrons. The van der Waals surface area contributed by atoms with E-state index in [1.165, 1.54) is 24.3 Å². The minimum Gasteiger partial charge on any atom is -0.384 e. The van der Waals surface area contributed by atoms with Crippen molar-refractivity contribution in [2.24, 2.45) is 0 Å². The van der Waals surface area contributed by atoms with E-state index in [9.17, 15) is 14.1 Å². The van der Waals surface area contributed by atoms with E-state index in [2.05, 4.69) is 0 Å². The van der Waals surface area contributed by atoms with Crippen molar-refractivity contribution in [3.8, 4) is 0 Å². The second kappa shape index (κ2) is 7.71. The van der Waals surface area contributed by atoms with Crippen molar-refractivity contribution in [3.63, 3.8) is 0 Å². The van der Waals surface area contributed by atoms with Crippen LogP contribution in [0.3, 0.4) is 0 Å². The zero-order chi connectivity index (χ0) is 16.9. The highest BCUT2D eigenvalue weighted by Crippen LogP contribution is 2.66. The molecule has 1 aromatic carbocycles. The third kappa shape index (κ3) is 4.10. The molecule has 2 rings (SSSR count). The number of rotatable bonds is 7. The van der Waals surface area contributed by atoms with E-state index in [0.717, 1.165) is 12.8 Å². The summed E-state index contributed by atoms with van der Waals surface area (Å²) in [5.74, 6) is -0.388. The summed E-state index contributed by atoms with van der Waals surface area (Å²) in [7, 11) is -3.62. The predicted molar refractivity (Wildman–Crippen MR) is 87.9 cm³/mol. The van der Waals surface area contributed by atoms with Gasteiger partial charge in [0.1, 0.15) is 17.1 Å². The van der Waals surface area contributed by atoms with Gasteiger partial charge < -0.3 is 14.2 Å². The molecule has 0 saturated carbocycles. The average molecular weight is 342 g/mol. The molecule has 1 N–H and O–H groups in total. The van der Waals surface area contributed by atoms with Crippen molar-refractivity contribution in [1.29, 1.82) is 0 Å². The molecular weight excluding hydrogens is 318 g/mol. The molecule has 1 aromatic rings. The highest BCUT2D eigenvalue weighted by atomic mass is 31.2. The van der Waals surface area contributed by atoms with E-state index < -0.39 is 18.9 Å². The van der Waals surface area contributed by atoms with Gasteiger partial charge in [0.05, 0.1) is 13.2 Å². The fraction of sp³-hybridized carbons (Fsp3) is 0.529. The third-order valence-corrected chi connectivity index (χ3v) is 6.56. The van der Waals surface area contributed by atoms with Crippen molar-refractivity contribution in [2.75, 3.05) is 13.2 Å². The van der Waals surface area contributed by atoms with E-state index >= 15 is 0 Å². The number of halogens is 1. The molecule has 1 aliphatic carbocycles. The summed E-state index contributed by atoms with van der Waals surface area (Å²) >= 11 is 0. The van der Waals surface area contributed by atoms with E-state index in [1.807, 2.05) is 6.08 Å².